The van der Waals surface area contributed by atoms with Crippen molar-refractivity contribution in [1.82, 2.24) is 5.32 Å². The molecule has 6 atom stereocenters. The molecule has 1 saturated heterocycles. The van der Waals surface area contributed by atoms with Gasteiger partial charge >= 0.3 is 0 Å². The fourth-order valence-corrected chi connectivity index (χ4v) is 3.44. The lowest BCUT2D eigenvalue weighted by Gasteiger charge is -2.43. The van der Waals surface area contributed by atoms with Crippen LogP contribution < -0.4 is 5.32 Å². The van der Waals surface area contributed by atoms with E-state index in [1.807, 2.05) is 0 Å². The SMILES string of the molecule is CNC1C/C=C\CCSC2OC1C(O)C(O)C2O. The molecule has 18 heavy (non-hydrogen) atoms. The number of aliphatic hydroxyl groups is 3. The molecule has 0 spiro atoms. The molecule has 0 aromatic carbocycles. The molecule has 0 aromatic heterocycles. The van der Waals surface area contributed by atoms with Crippen LogP contribution in [0, 0.1) is 0 Å². The average molecular weight is 275 g/mol. The highest BCUT2D eigenvalue weighted by atomic mass is 32.2. The fraction of sp³-hybridized carbons (Fsp3) is 0.833. The quantitative estimate of drug-likeness (QED) is 0.482. The molecule has 0 aliphatic carbocycles. The third kappa shape index (κ3) is 2.89. The molecule has 6 unspecified atom stereocenters. The van der Waals surface area contributed by atoms with Crippen molar-refractivity contribution >= 4 is 11.8 Å². The second-order valence-electron chi connectivity index (χ2n) is 4.70. The molecule has 0 radical (unpaired) electrons. The van der Waals surface area contributed by atoms with Gasteiger partial charge in [0.1, 0.15) is 29.9 Å². The summed E-state index contributed by atoms with van der Waals surface area (Å²) >= 11 is 1.48. The van der Waals surface area contributed by atoms with Gasteiger partial charge in [-0.2, -0.15) is 0 Å². The molecule has 5 nitrogen and oxygen atoms in total. The predicted octanol–water partition coefficient (Wildman–Crippen LogP) is -0.535. The van der Waals surface area contributed by atoms with Gasteiger partial charge in [0.15, 0.2) is 0 Å². The summed E-state index contributed by atoms with van der Waals surface area (Å²) in [6.07, 6.45) is 2.05. The normalized spacial score (nSPS) is 47.6. The highest BCUT2D eigenvalue weighted by molar-refractivity contribution is 7.99. The zero-order valence-electron chi connectivity index (χ0n) is 10.4. The lowest BCUT2D eigenvalue weighted by Crippen LogP contribution is -2.61. The molecule has 0 aromatic rings. The minimum Gasteiger partial charge on any atom is -0.388 e. The molecule has 0 amide bonds. The summed E-state index contributed by atoms with van der Waals surface area (Å²) in [5.74, 6) is 0.831. The molecule has 0 saturated carbocycles. The van der Waals surface area contributed by atoms with Crippen molar-refractivity contribution < 1.29 is 20.1 Å². The number of nitrogens with one attached hydrogen (secondary N) is 1. The Morgan fingerprint density at radius 1 is 1.17 bits per heavy atom. The Kier molecular flexibility index (Phi) is 5.06. The smallest absolute Gasteiger partial charge is 0.132 e. The third-order valence-corrected chi connectivity index (χ3v) is 4.69. The maximum Gasteiger partial charge on any atom is 0.132 e. The van der Waals surface area contributed by atoms with Gasteiger partial charge in [-0.25, -0.2) is 0 Å². The Morgan fingerprint density at radius 3 is 2.67 bits per heavy atom. The summed E-state index contributed by atoms with van der Waals surface area (Å²) in [4.78, 5) is 0. The number of thioether (sulfide) groups is 1. The van der Waals surface area contributed by atoms with Gasteiger partial charge in [0.2, 0.25) is 0 Å². The highest BCUT2D eigenvalue weighted by Gasteiger charge is 2.46. The van der Waals surface area contributed by atoms with Gasteiger partial charge in [-0.05, 0) is 25.6 Å². The van der Waals surface area contributed by atoms with Crippen LogP contribution in [0.2, 0.25) is 0 Å². The first-order chi connectivity index (χ1) is 8.65. The number of hydrogen-bond donors (Lipinski definition) is 4. The molecule has 1 fully saturated rings. The largest absolute Gasteiger partial charge is 0.388 e. The van der Waals surface area contributed by atoms with E-state index in [9.17, 15) is 15.3 Å². The summed E-state index contributed by atoms with van der Waals surface area (Å²) in [6, 6.07) is -0.0698. The molecular weight excluding hydrogens is 254 g/mol. The first-order valence-corrected chi connectivity index (χ1v) is 7.33. The number of ether oxygens (including phenoxy) is 1. The fourth-order valence-electron chi connectivity index (χ4n) is 2.37. The van der Waals surface area contributed by atoms with Crippen LogP contribution in [0.1, 0.15) is 12.8 Å². The predicted molar refractivity (Wildman–Crippen MR) is 70.4 cm³/mol. The highest BCUT2D eigenvalue weighted by Crippen LogP contribution is 2.31. The Hall–Kier alpha value is -0.110. The lowest BCUT2D eigenvalue weighted by molar-refractivity contribution is -0.204. The van der Waals surface area contributed by atoms with E-state index >= 15 is 0 Å². The maximum atomic E-state index is 10.0. The maximum absolute atomic E-state index is 10.0. The van der Waals surface area contributed by atoms with E-state index in [1.165, 1.54) is 11.8 Å². The minimum atomic E-state index is -1.15. The molecule has 2 aliphatic heterocycles. The van der Waals surface area contributed by atoms with Crippen LogP contribution in [0.25, 0.3) is 0 Å². The number of likely N-dealkylation sites (N-methyl/N-ethyl adjacent to an activating group) is 1. The van der Waals surface area contributed by atoms with Gasteiger partial charge in [-0.15, -0.1) is 11.8 Å². The zero-order valence-corrected chi connectivity index (χ0v) is 11.2. The number of allylic oxidation sites excluding steroid dienone is 1. The van der Waals surface area contributed by atoms with E-state index in [0.29, 0.717) is 0 Å². The number of rotatable bonds is 1. The summed E-state index contributed by atoms with van der Waals surface area (Å²) in [5.41, 5.74) is -0.476. The van der Waals surface area contributed by atoms with Crippen LogP contribution >= 0.6 is 11.8 Å². The van der Waals surface area contributed by atoms with E-state index in [4.69, 9.17) is 4.74 Å². The topological polar surface area (TPSA) is 82.0 Å². The molecule has 6 heteroatoms. The van der Waals surface area contributed by atoms with Crippen molar-refractivity contribution in [2.45, 2.75) is 48.7 Å². The van der Waals surface area contributed by atoms with Crippen molar-refractivity contribution in [3.63, 3.8) is 0 Å². The molecule has 2 heterocycles. The monoisotopic (exact) mass is 275 g/mol. The number of aliphatic hydroxyl groups excluding tert-OH is 3. The Bertz CT molecular complexity index is 302. The van der Waals surface area contributed by atoms with Crippen molar-refractivity contribution in [2.75, 3.05) is 12.8 Å². The van der Waals surface area contributed by atoms with Gasteiger partial charge in [0.25, 0.3) is 0 Å². The lowest BCUT2D eigenvalue weighted by atomic mass is 9.93. The minimum absolute atomic E-state index is 0.0698. The summed E-state index contributed by atoms with van der Waals surface area (Å²) in [6.45, 7) is 0. The average Bonchev–Trinajstić information content (AvgIpc) is 2.39. The molecule has 2 bridgehead atoms. The first kappa shape index (κ1) is 14.3. The molecular formula is C12H21NO4S. The second kappa shape index (κ2) is 6.36. The standard InChI is InChI=1S/C12H21NO4S/c1-13-7-5-3-2-4-6-18-12-10(16)8(14)9(15)11(7)17-12/h2-3,7-16H,4-6H2,1H3/b3-2-. The number of fused-ring (bicyclic) bond motifs is 2. The van der Waals surface area contributed by atoms with Crippen LogP contribution in [0.3, 0.4) is 0 Å². The van der Waals surface area contributed by atoms with Gasteiger partial charge in [-0.1, -0.05) is 12.2 Å². The van der Waals surface area contributed by atoms with Gasteiger partial charge in [0.05, 0.1) is 0 Å². The number of hydrogen-bond acceptors (Lipinski definition) is 6. The van der Waals surface area contributed by atoms with E-state index < -0.39 is 29.9 Å². The van der Waals surface area contributed by atoms with Crippen molar-refractivity contribution in [3.8, 4) is 0 Å². The second-order valence-corrected chi connectivity index (χ2v) is 5.91. The summed E-state index contributed by atoms with van der Waals surface area (Å²) in [5, 5.41) is 32.9. The first-order valence-electron chi connectivity index (χ1n) is 6.28. The van der Waals surface area contributed by atoms with Crippen molar-refractivity contribution in [1.29, 1.82) is 0 Å². The van der Waals surface area contributed by atoms with Crippen molar-refractivity contribution in [2.24, 2.45) is 0 Å². The zero-order chi connectivity index (χ0) is 13.1. The van der Waals surface area contributed by atoms with E-state index in [1.54, 1.807) is 7.05 Å². The van der Waals surface area contributed by atoms with Crippen LogP contribution in [0.4, 0.5) is 0 Å². The molecule has 2 rings (SSSR count). The van der Waals surface area contributed by atoms with E-state index in [2.05, 4.69) is 17.5 Å². The van der Waals surface area contributed by atoms with E-state index in [-0.39, 0.29) is 6.04 Å². The Balaban J connectivity index is 2.19. The van der Waals surface area contributed by atoms with Crippen LogP contribution in [0.5, 0.6) is 0 Å². The molecule has 2 aliphatic rings. The van der Waals surface area contributed by atoms with Crippen LogP contribution in [0.15, 0.2) is 12.2 Å². The molecule has 104 valence electrons. The van der Waals surface area contributed by atoms with Gasteiger partial charge < -0.3 is 25.4 Å². The Morgan fingerprint density at radius 2 is 1.94 bits per heavy atom. The van der Waals surface area contributed by atoms with Crippen LogP contribution in [-0.4, -0.2) is 64.0 Å². The van der Waals surface area contributed by atoms with Gasteiger partial charge in [0, 0.05) is 6.04 Å². The van der Waals surface area contributed by atoms with E-state index in [0.717, 1.165) is 18.6 Å². The summed E-state index contributed by atoms with van der Waals surface area (Å²) in [7, 11) is 1.81. The third-order valence-electron chi connectivity index (χ3n) is 3.50. The van der Waals surface area contributed by atoms with Crippen molar-refractivity contribution in [3.05, 3.63) is 12.2 Å². The van der Waals surface area contributed by atoms with Gasteiger partial charge in [-0.3, -0.25) is 0 Å². The Labute approximate surface area is 111 Å². The summed E-state index contributed by atoms with van der Waals surface area (Å²) < 4.78 is 5.77. The molecule has 4 N–H and O–H groups in total. The van der Waals surface area contributed by atoms with Crippen LogP contribution in [-0.2, 0) is 4.74 Å².